The van der Waals surface area contributed by atoms with E-state index < -0.39 is 16.1 Å². The molecule has 1 heterocycles. The van der Waals surface area contributed by atoms with Crippen molar-refractivity contribution in [3.63, 3.8) is 0 Å². The molecule has 1 aromatic carbocycles. The van der Waals surface area contributed by atoms with Crippen molar-refractivity contribution >= 4 is 16.3 Å². The van der Waals surface area contributed by atoms with Crippen LogP contribution in [-0.2, 0) is 14.8 Å². The molecule has 100 valence electrons. The second kappa shape index (κ2) is 7.52. The zero-order valence-electron chi connectivity index (χ0n) is 11.0. The van der Waals surface area contributed by atoms with Crippen molar-refractivity contribution in [2.45, 2.75) is 30.7 Å². The van der Waals surface area contributed by atoms with Crippen molar-refractivity contribution in [1.29, 1.82) is 0 Å². The average molecular weight is 292 g/mol. The molecule has 19 heavy (non-hydrogen) atoms. The van der Waals surface area contributed by atoms with E-state index in [-0.39, 0.29) is 39.9 Å². The summed E-state index contributed by atoms with van der Waals surface area (Å²) in [6.45, 7) is 2.30. The summed E-state index contributed by atoms with van der Waals surface area (Å²) in [6, 6.07) is 6.03. The van der Waals surface area contributed by atoms with Gasteiger partial charge in [-0.25, -0.2) is 19.0 Å². The molecular formula is C12H15NNaO4S-. The zero-order chi connectivity index (χ0) is 12.5. The summed E-state index contributed by atoms with van der Waals surface area (Å²) < 4.78 is 25.8. The van der Waals surface area contributed by atoms with Crippen molar-refractivity contribution in [2.24, 2.45) is 0 Å². The molecule has 0 aromatic heterocycles. The number of carbonyl (C=O) groups excluding carboxylic acids is 1. The molecule has 1 aliphatic rings. The number of sulfonamides is 1. The number of nitrogens with zero attached hydrogens (tertiary/aromatic N) is 1. The summed E-state index contributed by atoms with van der Waals surface area (Å²) in [5, 5.41) is 0. The summed E-state index contributed by atoms with van der Waals surface area (Å²) in [4.78, 5) is 11.0. The fourth-order valence-electron chi connectivity index (χ4n) is 1.99. The van der Waals surface area contributed by atoms with Crippen LogP contribution in [0.4, 0.5) is 0 Å². The molecule has 1 fully saturated rings. The maximum atomic E-state index is 12.3. The molecule has 0 aliphatic carbocycles. The van der Waals surface area contributed by atoms with Gasteiger partial charge < -0.3 is 10.3 Å². The first kappa shape index (κ1) is 18.8. The van der Waals surface area contributed by atoms with Crippen LogP contribution in [0.2, 0.25) is 0 Å². The van der Waals surface area contributed by atoms with E-state index in [1.165, 1.54) is 4.31 Å². The zero-order valence-corrected chi connectivity index (χ0v) is 13.9. The number of hydrogen-bond donors (Lipinski definition) is 0. The molecule has 0 saturated carbocycles. The fourth-order valence-corrected chi connectivity index (χ4v) is 3.60. The van der Waals surface area contributed by atoms with Gasteiger partial charge in [-0.1, -0.05) is 30.2 Å². The molecule has 2 rings (SSSR count). The van der Waals surface area contributed by atoms with Gasteiger partial charge in [0.25, 0.3) is 0 Å². The van der Waals surface area contributed by atoms with Crippen molar-refractivity contribution in [2.75, 3.05) is 6.54 Å². The van der Waals surface area contributed by atoms with Gasteiger partial charge in [0.2, 0.25) is 10.0 Å². The van der Waals surface area contributed by atoms with Crippen LogP contribution >= 0.6 is 0 Å². The first-order valence-corrected chi connectivity index (χ1v) is 6.96. The normalized spacial score (nSPS) is 19.3. The van der Waals surface area contributed by atoms with Crippen molar-refractivity contribution in [3.8, 4) is 0 Å². The molecule has 0 bridgehead atoms. The summed E-state index contributed by atoms with van der Waals surface area (Å²) in [5.41, 5.74) is 1.00. The Bertz CT molecular complexity index is 515. The average Bonchev–Trinajstić information content (AvgIpc) is 2.78. The molecule has 0 unspecified atom stereocenters. The second-order valence-electron chi connectivity index (χ2n) is 4.20. The monoisotopic (exact) mass is 292 g/mol. The fraction of sp³-hybridized carbons (Fsp3) is 0.417. The predicted octanol–water partition coefficient (Wildman–Crippen LogP) is -1.91. The number of rotatable bonds is 3. The van der Waals surface area contributed by atoms with E-state index in [0.29, 0.717) is 19.4 Å². The molecule has 0 amide bonds. The smallest absolute Gasteiger partial charge is 0.870 e. The predicted molar refractivity (Wildman–Crippen MR) is 65.7 cm³/mol. The minimum atomic E-state index is -3.55. The van der Waals surface area contributed by atoms with Gasteiger partial charge in [0.15, 0.2) is 0 Å². The molecule has 7 heteroatoms. The standard InChI is InChI=1S/C12H14NO3S.Na.H2O/c1-10-4-6-12(7-5-10)17(15,16)13-8-2-3-11(13)9-14;;/h4-7,11H,2-3,8H2,1H3;;1H2/q-1;+1;/p-1/t11-;;/m1../s1. The Morgan fingerprint density at radius 1 is 1.26 bits per heavy atom. The Kier molecular flexibility index (Phi) is 7.42. The summed E-state index contributed by atoms with van der Waals surface area (Å²) in [6.07, 6.45) is 3.08. The minimum Gasteiger partial charge on any atom is -0.870 e. The SMILES string of the molecule is Cc1ccc(S(=O)(=O)N2CCC[C@@H]2[C-]=O)cc1.[Na+].[OH-]. The largest absolute Gasteiger partial charge is 1.00 e. The molecular weight excluding hydrogens is 277 g/mol. The molecule has 0 spiro atoms. The molecule has 1 aromatic rings. The van der Waals surface area contributed by atoms with E-state index in [1.54, 1.807) is 30.6 Å². The molecule has 1 atom stereocenters. The molecule has 1 aliphatic heterocycles. The van der Waals surface area contributed by atoms with Gasteiger partial charge in [-0.15, -0.1) is 0 Å². The van der Waals surface area contributed by atoms with Gasteiger partial charge in [0.1, 0.15) is 0 Å². The molecule has 0 radical (unpaired) electrons. The Morgan fingerprint density at radius 2 is 1.84 bits per heavy atom. The number of hydrogen-bond acceptors (Lipinski definition) is 4. The van der Waals surface area contributed by atoms with Crippen molar-refractivity contribution < 1.29 is 48.2 Å². The Labute approximate surface area is 135 Å². The van der Waals surface area contributed by atoms with Gasteiger partial charge >= 0.3 is 29.6 Å². The van der Waals surface area contributed by atoms with Crippen molar-refractivity contribution in [3.05, 3.63) is 29.8 Å². The van der Waals surface area contributed by atoms with E-state index in [0.717, 1.165) is 5.56 Å². The van der Waals surface area contributed by atoms with Crippen LogP contribution in [0.3, 0.4) is 0 Å². The Balaban J connectivity index is 0.00000162. The van der Waals surface area contributed by atoms with Crippen LogP contribution in [-0.4, -0.2) is 37.1 Å². The number of benzene rings is 1. The quantitative estimate of drug-likeness (QED) is 0.480. The van der Waals surface area contributed by atoms with E-state index in [9.17, 15) is 13.2 Å². The van der Waals surface area contributed by atoms with E-state index in [4.69, 9.17) is 0 Å². The summed E-state index contributed by atoms with van der Waals surface area (Å²) in [7, 11) is -3.55. The van der Waals surface area contributed by atoms with E-state index >= 15 is 0 Å². The maximum Gasteiger partial charge on any atom is 1.00 e. The maximum absolute atomic E-state index is 12.3. The van der Waals surface area contributed by atoms with Crippen LogP contribution in [0.5, 0.6) is 0 Å². The van der Waals surface area contributed by atoms with Gasteiger partial charge in [-0.05, 0) is 25.5 Å². The van der Waals surface area contributed by atoms with Gasteiger partial charge in [0, 0.05) is 6.54 Å². The van der Waals surface area contributed by atoms with E-state index in [2.05, 4.69) is 0 Å². The molecule has 5 nitrogen and oxygen atoms in total. The topological polar surface area (TPSA) is 84.5 Å². The third kappa shape index (κ3) is 3.87. The Morgan fingerprint density at radius 3 is 2.37 bits per heavy atom. The van der Waals surface area contributed by atoms with Gasteiger partial charge in [-0.3, -0.25) is 0 Å². The minimum absolute atomic E-state index is 0. The molecule has 1 N–H and O–H groups in total. The van der Waals surface area contributed by atoms with Crippen LogP contribution in [0, 0.1) is 6.92 Å². The number of aryl methyl sites for hydroxylation is 1. The van der Waals surface area contributed by atoms with Crippen LogP contribution in [0.15, 0.2) is 29.2 Å². The Hall–Kier alpha value is -0.240. The third-order valence-corrected chi connectivity index (χ3v) is 4.89. The first-order valence-electron chi connectivity index (χ1n) is 5.52. The van der Waals surface area contributed by atoms with E-state index in [1.807, 2.05) is 6.92 Å². The molecule has 1 saturated heterocycles. The van der Waals surface area contributed by atoms with Crippen molar-refractivity contribution in [1.82, 2.24) is 4.31 Å². The van der Waals surface area contributed by atoms with Crippen LogP contribution in [0.25, 0.3) is 0 Å². The van der Waals surface area contributed by atoms with Crippen LogP contribution < -0.4 is 29.6 Å². The van der Waals surface area contributed by atoms with Gasteiger partial charge in [0.05, 0.1) is 4.90 Å². The van der Waals surface area contributed by atoms with Crippen LogP contribution in [0.1, 0.15) is 18.4 Å². The third-order valence-electron chi connectivity index (χ3n) is 2.97. The van der Waals surface area contributed by atoms with Gasteiger partial charge in [-0.2, -0.15) is 0 Å². The summed E-state index contributed by atoms with van der Waals surface area (Å²) in [5.74, 6) is 0. The first-order chi connectivity index (χ1) is 8.05. The summed E-state index contributed by atoms with van der Waals surface area (Å²) >= 11 is 0. The second-order valence-corrected chi connectivity index (χ2v) is 6.10.